The lowest BCUT2D eigenvalue weighted by Crippen LogP contribution is -1.97. The second kappa shape index (κ2) is 9.04. The molecule has 0 aliphatic heterocycles. The van der Waals surface area contributed by atoms with E-state index in [0.717, 1.165) is 44.9 Å². The normalized spacial score (nSPS) is 11.6. The average molecular weight is 533 g/mol. The van der Waals surface area contributed by atoms with Gasteiger partial charge in [0.05, 0.1) is 27.8 Å². The van der Waals surface area contributed by atoms with Crippen molar-refractivity contribution in [3.05, 3.63) is 126 Å². The zero-order valence-electron chi connectivity index (χ0n) is 21.8. The van der Waals surface area contributed by atoms with Crippen LogP contribution in [0.25, 0.3) is 72.3 Å². The molecule has 4 aromatic heterocycles. The van der Waals surface area contributed by atoms with Gasteiger partial charge in [-0.1, -0.05) is 54.6 Å². The summed E-state index contributed by atoms with van der Waals surface area (Å²) >= 11 is 1.71. The van der Waals surface area contributed by atoms with Gasteiger partial charge in [-0.15, -0.1) is 0 Å². The van der Waals surface area contributed by atoms with Gasteiger partial charge in [0.1, 0.15) is 5.82 Å². The molecule has 0 saturated carbocycles. The Hall–Kier alpha value is -5.00. The number of nitrogens with zero attached hydrogens (tertiary/aromatic N) is 4. The van der Waals surface area contributed by atoms with Crippen LogP contribution in [0.2, 0.25) is 0 Å². The fraction of sp³-hybridized carbons (Fsp3) is 0.0286. The minimum absolute atomic E-state index is 0.960. The van der Waals surface area contributed by atoms with E-state index in [-0.39, 0.29) is 0 Å². The highest BCUT2D eigenvalue weighted by Crippen LogP contribution is 2.38. The lowest BCUT2D eigenvalue weighted by atomic mass is 9.98. The Labute approximate surface area is 235 Å². The third-order valence-corrected chi connectivity index (χ3v) is 8.44. The van der Waals surface area contributed by atoms with Crippen LogP contribution < -0.4 is 0 Å². The SMILES string of the molecule is Cn1c(-c2ccc3c4ccccc4n(-c4ccc(-c5ccsc5)c(-c5ccccn5)c4)c3c2)nc2ccccc21. The first kappa shape index (κ1) is 22.9. The first-order chi connectivity index (χ1) is 19.8. The van der Waals surface area contributed by atoms with Crippen molar-refractivity contribution >= 4 is 44.2 Å². The van der Waals surface area contributed by atoms with Crippen LogP contribution in [0, 0.1) is 0 Å². The highest BCUT2D eigenvalue weighted by atomic mass is 32.1. The van der Waals surface area contributed by atoms with E-state index in [0.29, 0.717) is 0 Å². The summed E-state index contributed by atoms with van der Waals surface area (Å²) in [5, 5.41) is 6.78. The number of aryl methyl sites for hydroxylation is 1. The number of para-hydroxylation sites is 3. The largest absolute Gasteiger partial charge is 0.327 e. The van der Waals surface area contributed by atoms with Gasteiger partial charge in [-0.3, -0.25) is 4.98 Å². The molecule has 0 radical (unpaired) electrons. The molecule has 40 heavy (non-hydrogen) atoms. The maximum Gasteiger partial charge on any atom is 0.140 e. The zero-order valence-corrected chi connectivity index (χ0v) is 22.6. The molecule has 4 aromatic carbocycles. The average Bonchev–Trinajstić information content (AvgIpc) is 3.74. The van der Waals surface area contributed by atoms with Crippen LogP contribution in [0.15, 0.2) is 126 Å². The summed E-state index contributed by atoms with van der Waals surface area (Å²) in [6, 6.07) is 38.7. The number of aromatic nitrogens is 4. The van der Waals surface area contributed by atoms with Crippen molar-refractivity contribution < 1.29 is 0 Å². The molecule has 0 fully saturated rings. The monoisotopic (exact) mass is 532 g/mol. The van der Waals surface area contributed by atoms with Crippen LogP contribution in [0.3, 0.4) is 0 Å². The maximum atomic E-state index is 4.99. The lowest BCUT2D eigenvalue weighted by Gasteiger charge is -2.14. The summed E-state index contributed by atoms with van der Waals surface area (Å²) in [5.41, 5.74) is 11.1. The smallest absolute Gasteiger partial charge is 0.140 e. The first-order valence-corrected chi connectivity index (χ1v) is 14.2. The first-order valence-electron chi connectivity index (χ1n) is 13.3. The van der Waals surface area contributed by atoms with E-state index >= 15 is 0 Å². The zero-order chi connectivity index (χ0) is 26.6. The van der Waals surface area contributed by atoms with E-state index in [1.807, 2.05) is 18.3 Å². The van der Waals surface area contributed by atoms with E-state index in [2.05, 4.69) is 124 Å². The molecule has 4 heterocycles. The molecule has 0 spiro atoms. The summed E-state index contributed by atoms with van der Waals surface area (Å²) in [5.74, 6) is 0.960. The van der Waals surface area contributed by atoms with E-state index in [1.165, 1.54) is 27.4 Å². The van der Waals surface area contributed by atoms with Gasteiger partial charge >= 0.3 is 0 Å². The Bertz CT molecular complexity index is 2170. The van der Waals surface area contributed by atoms with E-state index in [9.17, 15) is 0 Å². The number of hydrogen-bond donors (Lipinski definition) is 0. The molecule has 8 rings (SSSR count). The van der Waals surface area contributed by atoms with Crippen LogP contribution in [0.5, 0.6) is 0 Å². The molecule has 0 bridgehead atoms. The number of pyridine rings is 1. The fourth-order valence-corrected chi connectivity index (χ4v) is 6.52. The van der Waals surface area contributed by atoms with Crippen molar-refractivity contribution in [3.63, 3.8) is 0 Å². The van der Waals surface area contributed by atoms with Gasteiger partial charge in [-0.05, 0) is 76.5 Å². The molecule has 0 N–H and O–H groups in total. The van der Waals surface area contributed by atoms with Crippen LogP contribution in [0.4, 0.5) is 0 Å². The molecule has 8 aromatic rings. The number of thiophene rings is 1. The van der Waals surface area contributed by atoms with Gasteiger partial charge in [0.2, 0.25) is 0 Å². The summed E-state index contributed by atoms with van der Waals surface area (Å²) in [7, 11) is 2.09. The highest BCUT2D eigenvalue weighted by molar-refractivity contribution is 7.08. The molecule has 5 heteroatoms. The van der Waals surface area contributed by atoms with Crippen LogP contribution >= 0.6 is 11.3 Å². The van der Waals surface area contributed by atoms with Crippen molar-refractivity contribution in [1.82, 2.24) is 19.1 Å². The molecule has 0 amide bonds. The molecule has 0 aliphatic rings. The Morgan fingerprint density at radius 1 is 0.650 bits per heavy atom. The molecular formula is C35H24N4S. The fourth-order valence-electron chi connectivity index (χ4n) is 5.87. The third kappa shape index (κ3) is 3.52. The predicted octanol–water partition coefficient (Wildman–Crippen LogP) is 9.13. The van der Waals surface area contributed by atoms with Crippen molar-refractivity contribution in [1.29, 1.82) is 0 Å². The third-order valence-electron chi connectivity index (χ3n) is 7.75. The minimum atomic E-state index is 0.960. The minimum Gasteiger partial charge on any atom is -0.327 e. The Morgan fingerprint density at radius 2 is 1.48 bits per heavy atom. The van der Waals surface area contributed by atoms with Crippen LogP contribution in [-0.4, -0.2) is 19.1 Å². The van der Waals surface area contributed by atoms with Crippen molar-refractivity contribution in [2.75, 3.05) is 0 Å². The van der Waals surface area contributed by atoms with Crippen molar-refractivity contribution in [2.45, 2.75) is 0 Å². The molecule has 190 valence electrons. The second-order valence-electron chi connectivity index (χ2n) is 10.0. The lowest BCUT2D eigenvalue weighted by molar-refractivity contribution is 0.959. The molecule has 4 nitrogen and oxygen atoms in total. The van der Waals surface area contributed by atoms with Gasteiger partial charge in [0.25, 0.3) is 0 Å². The number of benzene rings is 4. The van der Waals surface area contributed by atoms with Gasteiger partial charge < -0.3 is 9.13 Å². The quantitative estimate of drug-likeness (QED) is 0.227. The Morgan fingerprint density at radius 3 is 2.30 bits per heavy atom. The topological polar surface area (TPSA) is 35.6 Å². The highest BCUT2D eigenvalue weighted by Gasteiger charge is 2.18. The number of rotatable bonds is 4. The predicted molar refractivity (Wildman–Crippen MR) is 167 cm³/mol. The number of hydrogen-bond acceptors (Lipinski definition) is 3. The molecule has 0 unspecified atom stereocenters. The number of imidazole rings is 1. The molecule has 0 saturated heterocycles. The summed E-state index contributed by atoms with van der Waals surface area (Å²) in [6.45, 7) is 0. The Balaban J connectivity index is 1.40. The molecular weight excluding hydrogens is 508 g/mol. The standard InChI is InChI=1S/C35H24N4S/c1-38-33-12-5-3-10-31(33)37-35(38)23-13-15-28-27-8-2-4-11-32(27)39(34(28)20-23)25-14-16-26(24-17-19-40-22-24)29(21-25)30-9-6-7-18-36-30/h2-22H,1H3. The molecule has 0 aliphatic carbocycles. The van der Waals surface area contributed by atoms with Crippen LogP contribution in [0.1, 0.15) is 0 Å². The van der Waals surface area contributed by atoms with Gasteiger partial charge in [0, 0.05) is 40.8 Å². The second-order valence-corrected chi connectivity index (χ2v) is 10.8. The van der Waals surface area contributed by atoms with Crippen molar-refractivity contribution in [3.8, 4) is 39.5 Å². The van der Waals surface area contributed by atoms with Gasteiger partial charge in [-0.2, -0.15) is 11.3 Å². The maximum absolute atomic E-state index is 4.99. The van der Waals surface area contributed by atoms with Gasteiger partial charge in [-0.25, -0.2) is 4.98 Å². The van der Waals surface area contributed by atoms with E-state index < -0.39 is 0 Å². The summed E-state index contributed by atoms with van der Waals surface area (Å²) < 4.78 is 4.55. The van der Waals surface area contributed by atoms with Crippen LogP contribution in [-0.2, 0) is 7.05 Å². The summed E-state index contributed by atoms with van der Waals surface area (Å²) in [6.07, 6.45) is 1.86. The van der Waals surface area contributed by atoms with E-state index in [4.69, 9.17) is 9.97 Å². The van der Waals surface area contributed by atoms with Crippen molar-refractivity contribution in [2.24, 2.45) is 7.05 Å². The number of fused-ring (bicyclic) bond motifs is 4. The summed E-state index contributed by atoms with van der Waals surface area (Å²) in [4.78, 5) is 9.72. The molecule has 0 atom stereocenters. The van der Waals surface area contributed by atoms with Gasteiger partial charge in [0.15, 0.2) is 0 Å². The Kier molecular flexibility index (Phi) is 5.18. The van der Waals surface area contributed by atoms with E-state index in [1.54, 1.807) is 11.3 Å².